The van der Waals surface area contributed by atoms with Crippen molar-refractivity contribution >= 4 is 5.97 Å². The summed E-state index contributed by atoms with van der Waals surface area (Å²) in [7, 11) is 0. The molecule has 0 aliphatic heterocycles. The highest BCUT2D eigenvalue weighted by atomic mass is 16.6. The van der Waals surface area contributed by atoms with Crippen molar-refractivity contribution in [3.05, 3.63) is 0 Å². The zero-order valence-corrected chi connectivity index (χ0v) is 5.78. The molecule has 0 radical (unpaired) electrons. The zero-order valence-electron chi connectivity index (χ0n) is 5.78. The molecular weight excluding hydrogens is 136 g/mol. The van der Waals surface area contributed by atoms with Crippen LogP contribution in [0.3, 0.4) is 0 Å². The number of nitrogens with two attached hydrogens (primary N) is 2. The van der Waals surface area contributed by atoms with Gasteiger partial charge in [0, 0.05) is 0 Å². The smallest absolute Gasteiger partial charge is 0.326 e. The first kappa shape index (κ1) is 9.35. The summed E-state index contributed by atoms with van der Waals surface area (Å²) in [6.45, 7) is 1.08. The number of ether oxygens (including phenoxy) is 1. The Kier molecular flexibility index (Phi) is 3.94. The van der Waals surface area contributed by atoms with Gasteiger partial charge in [0.2, 0.25) is 0 Å². The van der Waals surface area contributed by atoms with Crippen LogP contribution in [-0.2, 0) is 9.53 Å². The quantitative estimate of drug-likeness (QED) is 0.322. The minimum atomic E-state index is -0.981. The molecule has 0 heterocycles. The molecule has 0 amide bonds. The van der Waals surface area contributed by atoms with Crippen molar-refractivity contribution in [3.63, 3.8) is 0 Å². The first-order chi connectivity index (χ1) is 4.57. The summed E-state index contributed by atoms with van der Waals surface area (Å²) in [6, 6.07) is -0.981. The summed E-state index contributed by atoms with van der Waals surface area (Å²) < 4.78 is 4.46. The normalized spacial score (nSPS) is 16.0. The van der Waals surface area contributed by atoms with Gasteiger partial charge in [-0.3, -0.25) is 10.5 Å². The van der Waals surface area contributed by atoms with Crippen LogP contribution in [0, 0.1) is 0 Å². The molecule has 0 aliphatic rings. The third kappa shape index (κ3) is 3.39. The SMILES string of the molecule is CC(N)OC(=O)[C@@H](N)CO. The van der Waals surface area contributed by atoms with Crippen molar-refractivity contribution in [1.82, 2.24) is 0 Å². The Morgan fingerprint density at radius 1 is 1.70 bits per heavy atom. The predicted octanol–water partition coefficient (Wildman–Crippen LogP) is -1.85. The maximum Gasteiger partial charge on any atom is 0.326 e. The van der Waals surface area contributed by atoms with Crippen LogP contribution in [0.25, 0.3) is 0 Å². The van der Waals surface area contributed by atoms with E-state index in [1.54, 1.807) is 0 Å². The van der Waals surface area contributed by atoms with Gasteiger partial charge in [-0.05, 0) is 6.92 Å². The zero-order chi connectivity index (χ0) is 8.15. The van der Waals surface area contributed by atoms with E-state index >= 15 is 0 Å². The lowest BCUT2D eigenvalue weighted by atomic mass is 10.3. The molecule has 2 atom stereocenters. The molecule has 0 spiro atoms. The molecule has 0 rings (SSSR count). The highest BCUT2D eigenvalue weighted by Gasteiger charge is 2.14. The fraction of sp³-hybridized carbons (Fsp3) is 0.800. The van der Waals surface area contributed by atoms with Crippen LogP contribution in [-0.4, -0.2) is 30.0 Å². The highest BCUT2D eigenvalue weighted by molar-refractivity contribution is 5.75. The van der Waals surface area contributed by atoms with Gasteiger partial charge in [-0.2, -0.15) is 0 Å². The Hall–Kier alpha value is -0.650. The van der Waals surface area contributed by atoms with Crippen LogP contribution in [0.5, 0.6) is 0 Å². The number of hydrogen-bond donors (Lipinski definition) is 3. The molecule has 0 aromatic heterocycles. The Labute approximate surface area is 58.9 Å². The molecule has 1 unspecified atom stereocenters. The van der Waals surface area contributed by atoms with Crippen molar-refractivity contribution in [2.24, 2.45) is 11.5 Å². The van der Waals surface area contributed by atoms with Gasteiger partial charge in [-0.15, -0.1) is 0 Å². The number of carbonyl (C=O) groups excluding carboxylic acids is 1. The summed E-state index contributed by atoms with van der Waals surface area (Å²) >= 11 is 0. The number of esters is 1. The van der Waals surface area contributed by atoms with Gasteiger partial charge in [0.05, 0.1) is 6.61 Å². The molecule has 60 valence electrons. The fourth-order valence-electron chi connectivity index (χ4n) is 0.345. The molecule has 5 N–H and O–H groups in total. The molecule has 0 bridgehead atoms. The summed E-state index contributed by atoms with van der Waals surface area (Å²) in [5.74, 6) is -0.683. The number of aliphatic hydroxyl groups is 1. The minimum absolute atomic E-state index is 0.425. The highest BCUT2D eigenvalue weighted by Crippen LogP contribution is 1.86. The molecule has 0 saturated carbocycles. The molecule has 0 aliphatic carbocycles. The largest absolute Gasteiger partial charge is 0.446 e. The Morgan fingerprint density at radius 2 is 2.20 bits per heavy atom. The maximum atomic E-state index is 10.6. The second-order valence-electron chi connectivity index (χ2n) is 1.93. The van der Waals surface area contributed by atoms with Gasteiger partial charge in [-0.25, -0.2) is 0 Å². The lowest BCUT2D eigenvalue weighted by Gasteiger charge is -2.10. The van der Waals surface area contributed by atoms with E-state index in [0.717, 1.165) is 0 Å². The average Bonchev–Trinajstić information content (AvgIpc) is 1.85. The van der Waals surface area contributed by atoms with E-state index in [1.807, 2.05) is 0 Å². The molecule has 5 heteroatoms. The lowest BCUT2D eigenvalue weighted by molar-refractivity contribution is -0.150. The number of carbonyl (C=O) groups is 1. The van der Waals surface area contributed by atoms with Gasteiger partial charge in [0.25, 0.3) is 0 Å². The molecule has 0 aromatic carbocycles. The van der Waals surface area contributed by atoms with E-state index in [9.17, 15) is 4.79 Å². The summed E-state index contributed by atoms with van der Waals surface area (Å²) in [6.07, 6.45) is -0.676. The van der Waals surface area contributed by atoms with E-state index in [1.165, 1.54) is 6.92 Å². The van der Waals surface area contributed by atoms with Crippen molar-refractivity contribution in [1.29, 1.82) is 0 Å². The van der Waals surface area contributed by atoms with Crippen molar-refractivity contribution in [2.45, 2.75) is 19.2 Å². The van der Waals surface area contributed by atoms with Crippen LogP contribution < -0.4 is 11.5 Å². The van der Waals surface area contributed by atoms with Gasteiger partial charge in [0.15, 0.2) is 0 Å². The summed E-state index contributed by atoms with van der Waals surface area (Å²) in [5.41, 5.74) is 10.2. The van der Waals surface area contributed by atoms with E-state index < -0.39 is 24.8 Å². The standard InChI is InChI=1S/C5H12N2O3/c1-3(6)10-5(9)4(7)2-8/h3-4,8H,2,6-7H2,1H3/t3?,4-/m0/s1. The molecule has 0 aromatic rings. The first-order valence-electron chi connectivity index (χ1n) is 2.90. The van der Waals surface area contributed by atoms with Gasteiger partial charge in [0.1, 0.15) is 12.3 Å². The van der Waals surface area contributed by atoms with Crippen molar-refractivity contribution in [3.8, 4) is 0 Å². The van der Waals surface area contributed by atoms with Crippen LogP contribution >= 0.6 is 0 Å². The van der Waals surface area contributed by atoms with E-state index in [2.05, 4.69) is 4.74 Å². The number of aliphatic hydroxyl groups excluding tert-OH is 1. The van der Waals surface area contributed by atoms with Gasteiger partial charge >= 0.3 is 5.97 Å². The summed E-state index contributed by atoms with van der Waals surface area (Å²) in [5, 5.41) is 8.35. The Morgan fingerprint density at radius 3 is 2.50 bits per heavy atom. The van der Waals surface area contributed by atoms with Gasteiger partial charge < -0.3 is 15.6 Å². The van der Waals surface area contributed by atoms with Crippen molar-refractivity contribution in [2.75, 3.05) is 6.61 Å². The topological polar surface area (TPSA) is 98.6 Å². The maximum absolute atomic E-state index is 10.6. The van der Waals surface area contributed by atoms with E-state index in [4.69, 9.17) is 16.6 Å². The van der Waals surface area contributed by atoms with Crippen LogP contribution in [0.15, 0.2) is 0 Å². The third-order valence-electron chi connectivity index (χ3n) is 0.801. The van der Waals surface area contributed by atoms with E-state index in [0.29, 0.717) is 0 Å². The molecule has 10 heavy (non-hydrogen) atoms. The van der Waals surface area contributed by atoms with Gasteiger partial charge in [-0.1, -0.05) is 0 Å². The second-order valence-corrected chi connectivity index (χ2v) is 1.93. The van der Waals surface area contributed by atoms with Crippen LogP contribution in [0.4, 0.5) is 0 Å². The molecule has 0 fully saturated rings. The number of rotatable bonds is 3. The monoisotopic (exact) mass is 148 g/mol. The van der Waals surface area contributed by atoms with E-state index in [-0.39, 0.29) is 0 Å². The first-order valence-corrected chi connectivity index (χ1v) is 2.90. The van der Waals surface area contributed by atoms with Crippen LogP contribution in [0.1, 0.15) is 6.92 Å². The molecule has 0 saturated heterocycles. The predicted molar refractivity (Wildman–Crippen MR) is 34.8 cm³/mol. The fourth-order valence-corrected chi connectivity index (χ4v) is 0.345. The molecule has 5 nitrogen and oxygen atoms in total. The Balaban J connectivity index is 3.62. The third-order valence-corrected chi connectivity index (χ3v) is 0.801. The van der Waals surface area contributed by atoms with Crippen LogP contribution in [0.2, 0.25) is 0 Å². The van der Waals surface area contributed by atoms with Crippen molar-refractivity contribution < 1.29 is 14.6 Å². The molecular formula is C5H12N2O3. The minimum Gasteiger partial charge on any atom is -0.446 e. The Bertz CT molecular complexity index is 115. The second kappa shape index (κ2) is 4.21. The lowest BCUT2D eigenvalue weighted by Crippen LogP contribution is -2.39. The summed E-state index contributed by atoms with van der Waals surface area (Å²) in [4.78, 5) is 10.6. The number of hydrogen-bond acceptors (Lipinski definition) is 5. The average molecular weight is 148 g/mol.